The molecule has 0 spiro atoms. The molecule has 1 aliphatic heterocycles. The first-order valence-electron chi connectivity index (χ1n) is 16.0. The number of aliphatic hydroxyl groups is 3. The molecule has 0 aromatic heterocycles. The molecule has 3 N–H and O–H groups in total. The molecule has 5 nitrogen and oxygen atoms in total. The van der Waals surface area contributed by atoms with E-state index in [0.717, 1.165) is 36.8 Å². The molecule has 4 aliphatic rings. The summed E-state index contributed by atoms with van der Waals surface area (Å²) >= 11 is 0. The van der Waals surface area contributed by atoms with E-state index in [1.165, 1.54) is 36.8 Å². The first-order valence-corrected chi connectivity index (χ1v) is 16.0. The van der Waals surface area contributed by atoms with E-state index in [1.807, 2.05) is 11.0 Å². The van der Waals surface area contributed by atoms with Gasteiger partial charge in [0.15, 0.2) is 0 Å². The highest BCUT2D eigenvalue weighted by molar-refractivity contribution is 5.87. The van der Waals surface area contributed by atoms with Gasteiger partial charge in [-0.05, 0) is 105 Å². The zero-order valence-corrected chi connectivity index (χ0v) is 25.4. The average Bonchev–Trinajstić information content (AvgIpc) is 3.39. The van der Waals surface area contributed by atoms with Gasteiger partial charge in [-0.15, -0.1) is 0 Å². The van der Waals surface area contributed by atoms with Gasteiger partial charge in [-0.1, -0.05) is 68.5 Å². The van der Waals surface area contributed by atoms with Gasteiger partial charge >= 0.3 is 0 Å². The molecule has 1 heterocycles. The summed E-state index contributed by atoms with van der Waals surface area (Å²) in [6, 6.07) is 10.5. The lowest BCUT2D eigenvalue weighted by Gasteiger charge is -2.45. The predicted molar refractivity (Wildman–Crippen MR) is 164 cm³/mol. The van der Waals surface area contributed by atoms with Crippen LogP contribution in [0.15, 0.2) is 65.8 Å². The lowest BCUT2D eigenvalue weighted by Crippen LogP contribution is -2.41. The molecular weight excluding hydrogens is 510 g/mol. The Labute approximate surface area is 247 Å². The fraction of sp³-hybridized carbons (Fsp3) is 0.639. The maximum absolute atomic E-state index is 13.2. The van der Waals surface area contributed by atoms with Crippen molar-refractivity contribution >= 4 is 5.91 Å². The van der Waals surface area contributed by atoms with Crippen molar-refractivity contribution in [3.8, 4) is 0 Å². The average molecular weight is 562 g/mol. The van der Waals surface area contributed by atoms with Crippen molar-refractivity contribution in [2.45, 2.75) is 115 Å². The van der Waals surface area contributed by atoms with Gasteiger partial charge < -0.3 is 20.2 Å². The van der Waals surface area contributed by atoms with E-state index in [4.69, 9.17) is 0 Å². The Kier molecular flexibility index (Phi) is 8.99. The van der Waals surface area contributed by atoms with Crippen LogP contribution in [-0.2, 0) is 11.2 Å². The van der Waals surface area contributed by atoms with Gasteiger partial charge in [-0.25, -0.2) is 0 Å². The van der Waals surface area contributed by atoms with Gasteiger partial charge in [0.2, 0.25) is 0 Å². The summed E-state index contributed by atoms with van der Waals surface area (Å²) in [7, 11) is 0. The number of nitrogens with zero attached hydrogens (tertiary/aromatic N) is 1. The minimum absolute atomic E-state index is 0.0874. The minimum Gasteiger partial charge on any atom is -0.393 e. The summed E-state index contributed by atoms with van der Waals surface area (Å²) in [5.74, 6) is 1.50. The number of carbonyl (C=O) groups excluding carboxylic acids is 1. The molecule has 4 fully saturated rings. The second-order valence-electron chi connectivity index (χ2n) is 14.1. The molecule has 8 atom stereocenters. The number of carbonyl (C=O) groups is 1. The minimum atomic E-state index is -1.27. The highest BCUT2D eigenvalue weighted by Gasteiger charge is 2.53. The molecular formula is C36H51NO4. The lowest BCUT2D eigenvalue weighted by molar-refractivity contribution is -0.142. The number of aryl methyl sites for hydroxylation is 1. The van der Waals surface area contributed by atoms with Crippen molar-refractivity contribution in [3.63, 3.8) is 0 Å². The van der Waals surface area contributed by atoms with E-state index in [9.17, 15) is 20.1 Å². The second-order valence-corrected chi connectivity index (χ2v) is 14.1. The quantitative estimate of drug-likeness (QED) is 0.356. The number of aliphatic hydroxyl groups excluding tert-OH is 2. The number of hydrogen-bond acceptors (Lipinski definition) is 4. The van der Waals surface area contributed by atoms with Gasteiger partial charge in [0.1, 0.15) is 5.60 Å². The monoisotopic (exact) mass is 561 g/mol. The molecule has 3 saturated carbocycles. The van der Waals surface area contributed by atoms with Crippen LogP contribution in [0.2, 0.25) is 0 Å². The maximum atomic E-state index is 13.2. The summed E-state index contributed by atoms with van der Waals surface area (Å²) in [5.41, 5.74) is 3.48. The molecule has 0 unspecified atom stereocenters. The number of hydrogen-bond donors (Lipinski definition) is 3. The van der Waals surface area contributed by atoms with Crippen LogP contribution in [0.5, 0.6) is 0 Å². The molecule has 5 heteroatoms. The van der Waals surface area contributed by atoms with Crippen LogP contribution in [0.1, 0.15) is 90.5 Å². The van der Waals surface area contributed by atoms with Gasteiger partial charge in [-0.3, -0.25) is 4.79 Å². The van der Waals surface area contributed by atoms with Crippen molar-refractivity contribution in [1.29, 1.82) is 0 Å². The Morgan fingerprint density at radius 3 is 2.66 bits per heavy atom. The zero-order chi connectivity index (χ0) is 29.4. The Morgan fingerprint density at radius 1 is 1.15 bits per heavy atom. The van der Waals surface area contributed by atoms with Gasteiger partial charge in [0.25, 0.3) is 5.91 Å². The van der Waals surface area contributed by atoms with Gasteiger partial charge in [0, 0.05) is 25.4 Å². The SMILES string of the molecule is C=C1/C(=C\C=C2\CCC[C@]3(C)[C@@H]([C@H](C)C[C@H]4C[C@](C)(O)C(=O)N4CCCc4ccccc4)CC[C@@H]23)C[C@@H](O)C[C@@H]1O. The van der Waals surface area contributed by atoms with E-state index in [1.54, 1.807) is 6.92 Å². The third kappa shape index (κ3) is 6.28. The Hall–Kier alpha value is -2.21. The summed E-state index contributed by atoms with van der Waals surface area (Å²) in [6.45, 7) is 11.4. The van der Waals surface area contributed by atoms with E-state index in [0.29, 0.717) is 43.6 Å². The molecule has 1 aromatic rings. The standard InChI is InChI=1S/C36H51NO4/c1-24(20-29-23-36(4,41)34(40)37(29)19-9-12-26-10-6-5-7-11-26)31-16-17-32-27(13-8-18-35(31,32)3)14-15-28-21-30(38)22-33(39)25(28)2/h5-7,10-11,14-15,24,29-33,38-39,41H,2,8-9,12-13,16-23H2,1,3-4H3/b27-14-,28-15-/t24-,29+,30-,31-,32+,33+,35-,36+/m1/s1. The molecule has 1 saturated heterocycles. The van der Waals surface area contributed by atoms with Crippen molar-refractivity contribution in [2.75, 3.05) is 6.54 Å². The van der Waals surface area contributed by atoms with E-state index in [2.05, 4.69) is 56.8 Å². The van der Waals surface area contributed by atoms with Crippen molar-refractivity contribution in [1.82, 2.24) is 4.90 Å². The Balaban J connectivity index is 1.26. The largest absolute Gasteiger partial charge is 0.393 e. The first kappa shape index (κ1) is 30.3. The van der Waals surface area contributed by atoms with E-state index >= 15 is 0 Å². The fourth-order valence-corrected chi connectivity index (χ4v) is 9.00. The molecule has 3 aliphatic carbocycles. The number of allylic oxidation sites excluding steroid dienone is 3. The van der Waals surface area contributed by atoms with Crippen LogP contribution in [0.25, 0.3) is 0 Å². The summed E-state index contributed by atoms with van der Waals surface area (Å²) in [4.78, 5) is 15.2. The highest BCUT2D eigenvalue weighted by atomic mass is 16.3. The lowest BCUT2D eigenvalue weighted by atomic mass is 9.60. The molecule has 1 aromatic carbocycles. The summed E-state index contributed by atoms with van der Waals surface area (Å²) in [6.07, 6.45) is 13.4. The predicted octanol–water partition coefficient (Wildman–Crippen LogP) is 6.14. The highest BCUT2D eigenvalue weighted by Crippen LogP contribution is 2.60. The molecule has 224 valence electrons. The third-order valence-corrected chi connectivity index (χ3v) is 11.1. The first-order chi connectivity index (χ1) is 19.5. The maximum Gasteiger partial charge on any atom is 0.254 e. The molecule has 1 amide bonds. The number of fused-ring (bicyclic) bond motifs is 1. The third-order valence-electron chi connectivity index (χ3n) is 11.1. The number of amides is 1. The van der Waals surface area contributed by atoms with E-state index < -0.39 is 17.8 Å². The normalized spacial score (nSPS) is 38.6. The summed E-state index contributed by atoms with van der Waals surface area (Å²) in [5, 5.41) is 31.4. The molecule has 0 radical (unpaired) electrons. The van der Waals surface area contributed by atoms with Gasteiger partial charge in [0.05, 0.1) is 12.2 Å². The molecule has 5 rings (SSSR count). The van der Waals surface area contributed by atoms with E-state index in [-0.39, 0.29) is 17.4 Å². The van der Waals surface area contributed by atoms with Crippen LogP contribution in [0.3, 0.4) is 0 Å². The number of benzene rings is 1. The van der Waals surface area contributed by atoms with Crippen LogP contribution in [-0.4, -0.2) is 56.5 Å². The fourth-order valence-electron chi connectivity index (χ4n) is 9.00. The van der Waals surface area contributed by atoms with Crippen LogP contribution in [0, 0.1) is 23.2 Å². The Morgan fingerprint density at radius 2 is 1.90 bits per heavy atom. The molecule has 41 heavy (non-hydrogen) atoms. The Bertz CT molecular complexity index is 1170. The second kappa shape index (κ2) is 12.2. The van der Waals surface area contributed by atoms with Gasteiger partial charge in [-0.2, -0.15) is 0 Å². The van der Waals surface area contributed by atoms with Crippen molar-refractivity contribution in [3.05, 3.63) is 71.3 Å². The number of rotatable bonds is 8. The molecule has 0 bridgehead atoms. The zero-order valence-electron chi connectivity index (χ0n) is 25.4. The topological polar surface area (TPSA) is 81.0 Å². The van der Waals surface area contributed by atoms with Crippen molar-refractivity contribution < 1.29 is 20.1 Å². The van der Waals surface area contributed by atoms with Crippen LogP contribution in [0.4, 0.5) is 0 Å². The smallest absolute Gasteiger partial charge is 0.254 e. The van der Waals surface area contributed by atoms with Crippen LogP contribution < -0.4 is 0 Å². The number of likely N-dealkylation sites (tertiary alicyclic amines) is 1. The van der Waals surface area contributed by atoms with Crippen molar-refractivity contribution in [2.24, 2.45) is 23.2 Å². The summed E-state index contributed by atoms with van der Waals surface area (Å²) < 4.78 is 0. The van der Waals surface area contributed by atoms with Crippen LogP contribution >= 0.6 is 0 Å².